The number of piperidine rings is 1. The van der Waals surface area contributed by atoms with Gasteiger partial charge in [-0.1, -0.05) is 25.3 Å². The lowest BCUT2D eigenvalue weighted by atomic mass is 9.75. The maximum atomic E-state index is 14.3. The number of likely N-dealkylation sites (tertiary alicyclic amines) is 1. The topological polar surface area (TPSA) is 111 Å². The molecule has 1 aliphatic heterocycles. The van der Waals surface area contributed by atoms with Gasteiger partial charge in [0.05, 0.1) is 20.1 Å². The van der Waals surface area contributed by atoms with Gasteiger partial charge >= 0.3 is 0 Å². The number of aryl methyl sites for hydroxylation is 1. The predicted octanol–water partition coefficient (Wildman–Crippen LogP) is 3.58. The summed E-state index contributed by atoms with van der Waals surface area (Å²) in [5.41, 5.74) is 6.50. The number of carbonyl (C=O) groups excluding carboxylic acids is 3. The van der Waals surface area contributed by atoms with Crippen molar-refractivity contribution in [3.63, 3.8) is 0 Å². The fourth-order valence-corrected chi connectivity index (χ4v) is 6.37. The first-order valence-electron chi connectivity index (χ1n) is 13.5. The van der Waals surface area contributed by atoms with Gasteiger partial charge in [-0.2, -0.15) is 0 Å². The van der Waals surface area contributed by atoms with E-state index >= 15 is 0 Å². The van der Waals surface area contributed by atoms with Crippen molar-refractivity contribution in [2.75, 3.05) is 20.8 Å². The lowest BCUT2D eigenvalue weighted by Gasteiger charge is -2.43. The van der Waals surface area contributed by atoms with Gasteiger partial charge in [0.15, 0.2) is 11.5 Å². The number of nitrogens with zero attached hydrogens (tertiary/aromatic N) is 1. The van der Waals surface area contributed by atoms with Gasteiger partial charge < -0.3 is 25.4 Å². The van der Waals surface area contributed by atoms with Gasteiger partial charge in [0.25, 0.3) is 0 Å². The van der Waals surface area contributed by atoms with Gasteiger partial charge in [-0.3, -0.25) is 14.4 Å². The standard InChI is InChI=1S/C28H41N3O5/c1-18-16-20(17-22(35-2)24(18)36-3)23(19-10-5-4-6-11-19)26(33)31-15-8-7-12-21(31)25(32)30-28(27(29)34)13-9-14-28/h16-17,19,21,23H,4-15H2,1-3H3,(H2,29,34)(H,30,32)/t21-,23-/m0/s1. The Labute approximate surface area is 214 Å². The van der Waals surface area contributed by atoms with Crippen molar-refractivity contribution < 1.29 is 23.9 Å². The summed E-state index contributed by atoms with van der Waals surface area (Å²) in [5.74, 6) is 0.384. The summed E-state index contributed by atoms with van der Waals surface area (Å²) >= 11 is 0. The second-order valence-corrected chi connectivity index (χ2v) is 10.8. The van der Waals surface area contributed by atoms with Gasteiger partial charge in [0.1, 0.15) is 11.6 Å². The molecule has 1 aromatic rings. The molecule has 3 fully saturated rings. The quantitative estimate of drug-likeness (QED) is 0.568. The molecule has 36 heavy (non-hydrogen) atoms. The van der Waals surface area contributed by atoms with Gasteiger partial charge in [-0.25, -0.2) is 0 Å². The summed E-state index contributed by atoms with van der Waals surface area (Å²) < 4.78 is 11.2. The van der Waals surface area contributed by atoms with Crippen LogP contribution in [0.5, 0.6) is 11.5 Å². The first-order valence-corrected chi connectivity index (χ1v) is 13.5. The Morgan fingerprint density at radius 3 is 2.28 bits per heavy atom. The van der Waals surface area contributed by atoms with E-state index in [9.17, 15) is 14.4 Å². The highest BCUT2D eigenvalue weighted by Gasteiger charge is 2.47. The van der Waals surface area contributed by atoms with E-state index < -0.39 is 17.5 Å². The van der Waals surface area contributed by atoms with E-state index in [0.717, 1.165) is 56.1 Å². The normalized spacial score (nSPS) is 22.8. The third-order valence-corrected chi connectivity index (χ3v) is 8.56. The number of hydrogen-bond donors (Lipinski definition) is 2. The molecule has 8 nitrogen and oxygen atoms in total. The van der Waals surface area contributed by atoms with Crippen LogP contribution in [-0.2, 0) is 14.4 Å². The maximum Gasteiger partial charge on any atom is 0.243 e. The number of hydrogen-bond acceptors (Lipinski definition) is 5. The summed E-state index contributed by atoms with van der Waals surface area (Å²) in [6.07, 6.45) is 9.67. The molecule has 3 amide bonds. The number of benzene rings is 1. The number of nitrogens with one attached hydrogen (secondary N) is 1. The van der Waals surface area contributed by atoms with Crippen molar-refractivity contribution in [3.05, 3.63) is 23.3 Å². The van der Waals surface area contributed by atoms with Crippen LogP contribution in [-0.4, -0.2) is 55.0 Å². The first-order chi connectivity index (χ1) is 17.3. The zero-order valence-electron chi connectivity index (χ0n) is 21.9. The Kier molecular flexibility index (Phi) is 8.10. The third kappa shape index (κ3) is 5.04. The van der Waals surface area contributed by atoms with Crippen LogP contribution in [0.2, 0.25) is 0 Å². The van der Waals surface area contributed by atoms with Gasteiger partial charge in [-0.05, 0) is 81.4 Å². The fourth-order valence-electron chi connectivity index (χ4n) is 6.37. The molecule has 1 saturated heterocycles. The Bertz CT molecular complexity index is 984. The molecule has 0 aromatic heterocycles. The molecule has 3 aliphatic rings. The summed E-state index contributed by atoms with van der Waals surface area (Å²) in [7, 11) is 3.23. The minimum absolute atomic E-state index is 0.00453. The van der Waals surface area contributed by atoms with E-state index in [-0.39, 0.29) is 23.7 Å². The second-order valence-electron chi connectivity index (χ2n) is 10.8. The van der Waals surface area contributed by atoms with Crippen LogP contribution < -0.4 is 20.5 Å². The summed E-state index contributed by atoms with van der Waals surface area (Å²) in [6.45, 7) is 2.50. The third-order valence-electron chi connectivity index (χ3n) is 8.56. The largest absolute Gasteiger partial charge is 0.493 e. The van der Waals surface area contributed by atoms with E-state index in [4.69, 9.17) is 15.2 Å². The van der Waals surface area contributed by atoms with Crippen LogP contribution in [0.3, 0.4) is 0 Å². The Hall–Kier alpha value is -2.77. The first kappa shape index (κ1) is 26.3. The zero-order valence-corrected chi connectivity index (χ0v) is 21.9. The molecule has 2 aliphatic carbocycles. The molecular weight excluding hydrogens is 458 g/mol. The number of carbonyl (C=O) groups is 3. The maximum absolute atomic E-state index is 14.3. The number of ether oxygens (including phenoxy) is 2. The van der Waals surface area contributed by atoms with Crippen molar-refractivity contribution in [2.24, 2.45) is 11.7 Å². The summed E-state index contributed by atoms with van der Waals surface area (Å²) in [4.78, 5) is 41.7. The Morgan fingerprint density at radius 2 is 1.69 bits per heavy atom. The lowest BCUT2D eigenvalue weighted by Crippen LogP contribution is -2.65. The Balaban J connectivity index is 1.66. The van der Waals surface area contributed by atoms with E-state index in [0.29, 0.717) is 37.3 Å². The number of nitrogens with two attached hydrogens (primary N) is 1. The number of methoxy groups -OCH3 is 2. The highest BCUT2D eigenvalue weighted by atomic mass is 16.5. The average Bonchev–Trinajstić information content (AvgIpc) is 2.86. The smallest absolute Gasteiger partial charge is 0.243 e. The van der Waals surface area contributed by atoms with Crippen LogP contribution >= 0.6 is 0 Å². The molecule has 0 bridgehead atoms. The molecule has 1 heterocycles. The monoisotopic (exact) mass is 499 g/mol. The van der Waals surface area contributed by atoms with Crippen molar-refractivity contribution in [1.82, 2.24) is 10.2 Å². The van der Waals surface area contributed by atoms with Crippen LogP contribution in [0.25, 0.3) is 0 Å². The molecule has 4 rings (SSSR count). The molecule has 0 radical (unpaired) electrons. The predicted molar refractivity (Wildman–Crippen MR) is 137 cm³/mol. The number of primary amides is 1. The molecule has 0 unspecified atom stereocenters. The fraction of sp³-hybridized carbons (Fsp3) is 0.679. The van der Waals surface area contributed by atoms with Crippen LogP contribution in [0.4, 0.5) is 0 Å². The molecule has 8 heteroatoms. The van der Waals surface area contributed by atoms with Gasteiger partial charge in [0, 0.05) is 6.54 Å². The van der Waals surface area contributed by atoms with Crippen LogP contribution in [0.1, 0.15) is 87.7 Å². The minimum Gasteiger partial charge on any atom is -0.493 e. The highest BCUT2D eigenvalue weighted by Crippen LogP contribution is 2.42. The second kappa shape index (κ2) is 11.1. The van der Waals surface area contributed by atoms with Crippen molar-refractivity contribution in [3.8, 4) is 11.5 Å². The lowest BCUT2D eigenvalue weighted by molar-refractivity contribution is -0.147. The van der Waals surface area contributed by atoms with E-state index in [1.54, 1.807) is 19.1 Å². The van der Waals surface area contributed by atoms with Crippen molar-refractivity contribution >= 4 is 17.7 Å². The molecule has 2 saturated carbocycles. The molecule has 1 aromatic carbocycles. The SMILES string of the molecule is COc1cc([C@@H](C(=O)N2CCCC[C@H]2C(=O)NC2(C(N)=O)CCC2)C2CCCCC2)cc(C)c1OC. The average molecular weight is 500 g/mol. The van der Waals surface area contributed by atoms with E-state index in [2.05, 4.69) is 5.32 Å². The van der Waals surface area contributed by atoms with Crippen LogP contribution in [0.15, 0.2) is 12.1 Å². The van der Waals surface area contributed by atoms with E-state index in [1.165, 1.54) is 6.42 Å². The summed E-state index contributed by atoms with van der Waals surface area (Å²) in [6, 6.07) is 3.38. The molecule has 3 N–H and O–H groups in total. The summed E-state index contributed by atoms with van der Waals surface area (Å²) in [5, 5.41) is 2.94. The van der Waals surface area contributed by atoms with Gasteiger partial charge in [-0.15, -0.1) is 0 Å². The molecule has 198 valence electrons. The molecular formula is C28H41N3O5. The highest BCUT2D eigenvalue weighted by molar-refractivity contribution is 5.95. The molecule has 0 spiro atoms. The Morgan fingerprint density at radius 1 is 1.00 bits per heavy atom. The number of amides is 3. The number of rotatable bonds is 8. The zero-order chi connectivity index (χ0) is 25.9. The van der Waals surface area contributed by atoms with Crippen molar-refractivity contribution in [2.45, 2.75) is 95.1 Å². The van der Waals surface area contributed by atoms with Crippen LogP contribution in [0, 0.1) is 12.8 Å². The van der Waals surface area contributed by atoms with E-state index in [1.807, 2.05) is 19.1 Å². The van der Waals surface area contributed by atoms with Gasteiger partial charge in [0.2, 0.25) is 17.7 Å². The van der Waals surface area contributed by atoms with Crippen molar-refractivity contribution in [1.29, 1.82) is 0 Å². The minimum atomic E-state index is -0.966. The molecule has 2 atom stereocenters.